The van der Waals surface area contributed by atoms with Gasteiger partial charge in [-0.05, 0) is 48.0 Å². The first-order valence-electron chi connectivity index (χ1n) is 12.0. The highest BCUT2D eigenvalue weighted by Gasteiger charge is 2.39. The molecule has 3 aliphatic heterocycles. The zero-order valence-electron chi connectivity index (χ0n) is 19.6. The molecule has 0 aliphatic carbocycles. The van der Waals surface area contributed by atoms with E-state index >= 15 is 0 Å². The van der Waals surface area contributed by atoms with E-state index in [1.807, 2.05) is 60.7 Å². The van der Waals surface area contributed by atoms with Gasteiger partial charge >= 0.3 is 5.97 Å². The van der Waals surface area contributed by atoms with E-state index < -0.39 is 5.92 Å². The van der Waals surface area contributed by atoms with Crippen LogP contribution in [0.4, 0.5) is 0 Å². The number of furan rings is 1. The molecular formula is C30H20O7. The first-order valence-corrected chi connectivity index (χ1v) is 12.0. The van der Waals surface area contributed by atoms with E-state index in [1.165, 1.54) is 0 Å². The molecule has 7 heteroatoms. The van der Waals surface area contributed by atoms with Crippen LogP contribution in [0.2, 0.25) is 0 Å². The number of fused-ring (bicyclic) bond motifs is 4. The molecule has 7 rings (SSSR count). The van der Waals surface area contributed by atoms with Gasteiger partial charge in [0.25, 0.3) is 0 Å². The van der Waals surface area contributed by atoms with Crippen molar-refractivity contribution < 1.29 is 33.0 Å². The molecule has 0 fully saturated rings. The summed E-state index contributed by atoms with van der Waals surface area (Å²) in [6.45, 7) is 0.975. The standard InChI is InChI=1S/C30H20O7/c31-27-16-20(22-11-10-21(35-22)18-4-2-1-3-5-18)28-24(36-27)9-7-19-29(32)26(37-30(19)28)15-17-6-8-23-25(14-17)34-13-12-33-23/h1-11,14-15,20H,12-13,16H2/b26-15+. The van der Waals surface area contributed by atoms with Gasteiger partial charge in [-0.15, -0.1) is 0 Å². The SMILES string of the molecule is O=C1CC(c2ccc(-c3ccccc3)o2)c2c(ccc3c2O/C(=C/c2ccc4c(c2)OCCO4)C3=O)O1. The number of carbonyl (C=O) groups is 2. The highest BCUT2D eigenvalue weighted by Crippen LogP contribution is 2.49. The summed E-state index contributed by atoms with van der Waals surface area (Å²) in [5, 5.41) is 0. The van der Waals surface area contributed by atoms with E-state index in [1.54, 1.807) is 18.2 Å². The number of ketones is 1. The Morgan fingerprint density at radius 1 is 0.784 bits per heavy atom. The summed E-state index contributed by atoms with van der Waals surface area (Å²) in [6, 6.07) is 22.2. The molecule has 1 unspecified atom stereocenters. The first kappa shape index (κ1) is 21.5. The number of rotatable bonds is 3. The minimum absolute atomic E-state index is 0.0734. The Balaban J connectivity index is 1.27. The van der Waals surface area contributed by atoms with Crippen molar-refractivity contribution in [1.82, 2.24) is 0 Å². The van der Waals surface area contributed by atoms with Crippen LogP contribution in [-0.2, 0) is 4.79 Å². The Morgan fingerprint density at radius 3 is 2.46 bits per heavy atom. The van der Waals surface area contributed by atoms with Crippen LogP contribution in [0.15, 0.2) is 83.0 Å². The van der Waals surface area contributed by atoms with Gasteiger partial charge in [0, 0.05) is 11.1 Å². The van der Waals surface area contributed by atoms with E-state index in [-0.39, 0.29) is 23.9 Å². The molecule has 0 saturated heterocycles. The second-order valence-electron chi connectivity index (χ2n) is 9.00. The quantitative estimate of drug-likeness (QED) is 0.204. The molecule has 0 N–H and O–H groups in total. The first-order chi connectivity index (χ1) is 18.1. The lowest BCUT2D eigenvalue weighted by Crippen LogP contribution is -2.21. The lowest BCUT2D eigenvalue weighted by molar-refractivity contribution is -0.135. The van der Waals surface area contributed by atoms with Gasteiger partial charge in [0.15, 0.2) is 17.3 Å². The Hall–Kier alpha value is -4.78. The average molecular weight is 492 g/mol. The molecule has 4 aromatic rings. The minimum atomic E-state index is -0.454. The summed E-state index contributed by atoms with van der Waals surface area (Å²) in [5.74, 6) is 2.46. The maximum absolute atomic E-state index is 13.3. The molecule has 4 heterocycles. The van der Waals surface area contributed by atoms with Crippen molar-refractivity contribution in [3.8, 4) is 34.3 Å². The van der Waals surface area contributed by atoms with Gasteiger partial charge in [-0.2, -0.15) is 0 Å². The minimum Gasteiger partial charge on any atom is -0.486 e. The molecule has 1 aromatic heterocycles. The molecule has 7 nitrogen and oxygen atoms in total. The second kappa shape index (κ2) is 8.41. The molecule has 3 aliphatic rings. The molecule has 182 valence electrons. The molecular weight excluding hydrogens is 472 g/mol. The fourth-order valence-electron chi connectivity index (χ4n) is 4.95. The van der Waals surface area contributed by atoms with E-state index in [9.17, 15) is 9.59 Å². The number of ether oxygens (including phenoxy) is 4. The normalized spacial score (nSPS) is 18.7. The Bertz CT molecular complexity index is 1600. The second-order valence-corrected chi connectivity index (χ2v) is 9.00. The van der Waals surface area contributed by atoms with E-state index in [0.717, 1.165) is 11.1 Å². The molecule has 0 saturated carbocycles. The summed E-state index contributed by atoms with van der Waals surface area (Å²) in [4.78, 5) is 25.8. The monoisotopic (exact) mass is 492 g/mol. The Kier molecular flexibility index (Phi) is 4.89. The number of Topliss-reactive ketones (excluding diaryl/α,β-unsaturated/α-hetero) is 1. The fourth-order valence-corrected chi connectivity index (χ4v) is 4.95. The number of benzene rings is 3. The van der Waals surface area contributed by atoms with Crippen molar-refractivity contribution in [3.05, 3.63) is 101 Å². The smallest absolute Gasteiger partial charge is 0.312 e. The van der Waals surface area contributed by atoms with Gasteiger partial charge in [-0.3, -0.25) is 9.59 Å². The number of carbonyl (C=O) groups excluding carboxylic acids is 2. The fraction of sp³-hybridized carbons (Fsp3) is 0.133. The summed E-state index contributed by atoms with van der Waals surface area (Å²) >= 11 is 0. The Labute approximate surface area is 211 Å². The van der Waals surface area contributed by atoms with Gasteiger partial charge in [0.05, 0.1) is 17.9 Å². The lowest BCUT2D eigenvalue weighted by atomic mass is 9.88. The summed E-state index contributed by atoms with van der Waals surface area (Å²) < 4.78 is 29.1. The number of esters is 1. The maximum atomic E-state index is 13.3. The highest BCUT2D eigenvalue weighted by molar-refractivity contribution is 6.15. The van der Waals surface area contributed by atoms with Crippen molar-refractivity contribution >= 4 is 17.8 Å². The van der Waals surface area contributed by atoms with E-state index in [4.69, 9.17) is 23.4 Å². The van der Waals surface area contributed by atoms with Crippen LogP contribution in [-0.4, -0.2) is 25.0 Å². The molecule has 0 amide bonds. The third kappa shape index (κ3) is 3.67. The van der Waals surface area contributed by atoms with Crippen molar-refractivity contribution in [2.45, 2.75) is 12.3 Å². The highest BCUT2D eigenvalue weighted by atomic mass is 16.6. The molecule has 0 spiro atoms. The number of hydrogen-bond acceptors (Lipinski definition) is 7. The average Bonchev–Trinajstić information content (AvgIpc) is 3.54. The van der Waals surface area contributed by atoms with Gasteiger partial charge in [0.1, 0.15) is 36.2 Å². The maximum Gasteiger partial charge on any atom is 0.312 e. The topological polar surface area (TPSA) is 84.2 Å². The summed E-state index contributed by atoms with van der Waals surface area (Å²) in [5.41, 5.74) is 2.72. The van der Waals surface area contributed by atoms with Crippen molar-refractivity contribution in [2.24, 2.45) is 0 Å². The predicted molar refractivity (Wildman–Crippen MR) is 133 cm³/mol. The lowest BCUT2D eigenvalue weighted by Gasteiger charge is -2.24. The molecule has 0 bridgehead atoms. The number of allylic oxidation sites excluding steroid dienone is 1. The predicted octanol–water partition coefficient (Wildman–Crippen LogP) is 5.78. The van der Waals surface area contributed by atoms with Gasteiger partial charge < -0.3 is 23.4 Å². The third-order valence-electron chi connectivity index (χ3n) is 6.67. The molecule has 1 atom stereocenters. The van der Waals surface area contributed by atoms with E-state index in [0.29, 0.717) is 58.9 Å². The van der Waals surface area contributed by atoms with Crippen LogP contribution in [0.5, 0.6) is 23.0 Å². The molecule has 37 heavy (non-hydrogen) atoms. The van der Waals surface area contributed by atoms with Crippen molar-refractivity contribution in [2.75, 3.05) is 13.2 Å². The zero-order valence-corrected chi connectivity index (χ0v) is 19.6. The van der Waals surface area contributed by atoms with Crippen LogP contribution < -0.4 is 18.9 Å². The van der Waals surface area contributed by atoms with Crippen molar-refractivity contribution in [3.63, 3.8) is 0 Å². The van der Waals surface area contributed by atoms with Crippen LogP contribution >= 0.6 is 0 Å². The zero-order chi connectivity index (χ0) is 24.9. The van der Waals surface area contributed by atoms with Gasteiger partial charge in [-0.1, -0.05) is 36.4 Å². The summed E-state index contributed by atoms with van der Waals surface area (Å²) in [7, 11) is 0. The third-order valence-corrected chi connectivity index (χ3v) is 6.67. The van der Waals surface area contributed by atoms with Gasteiger partial charge in [-0.25, -0.2) is 0 Å². The van der Waals surface area contributed by atoms with Crippen LogP contribution in [0.25, 0.3) is 17.4 Å². The number of hydrogen-bond donors (Lipinski definition) is 0. The van der Waals surface area contributed by atoms with Crippen LogP contribution in [0.3, 0.4) is 0 Å². The largest absolute Gasteiger partial charge is 0.486 e. The van der Waals surface area contributed by atoms with Crippen LogP contribution in [0.1, 0.15) is 39.6 Å². The van der Waals surface area contributed by atoms with Crippen molar-refractivity contribution in [1.29, 1.82) is 0 Å². The Morgan fingerprint density at radius 2 is 1.59 bits per heavy atom. The summed E-state index contributed by atoms with van der Waals surface area (Å²) in [6.07, 6.45) is 1.75. The van der Waals surface area contributed by atoms with E-state index in [2.05, 4.69) is 0 Å². The molecule has 3 aromatic carbocycles. The molecule has 0 radical (unpaired) electrons. The van der Waals surface area contributed by atoms with Crippen LogP contribution in [0, 0.1) is 0 Å². The van der Waals surface area contributed by atoms with Gasteiger partial charge in [0.2, 0.25) is 5.78 Å².